The van der Waals surface area contributed by atoms with E-state index in [1.54, 1.807) is 12.1 Å². The topological polar surface area (TPSA) is 35.5 Å². The fourth-order valence-corrected chi connectivity index (χ4v) is 1.71. The predicted octanol–water partition coefficient (Wildman–Crippen LogP) is 2.89. The van der Waals surface area contributed by atoms with Crippen LogP contribution < -0.4 is 4.74 Å². The van der Waals surface area contributed by atoms with Crippen LogP contribution in [-0.4, -0.2) is 20.2 Å². The summed E-state index contributed by atoms with van der Waals surface area (Å²) in [5, 5.41) is 0. The van der Waals surface area contributed by atoms with Crippen molar-refractivity contribution in [3.63, 3.8) is 0 Å². The highest BCUT2D eigenvalue weighted by molar-refractivity contribution is 5.70. The quantitative estimate of drug-likeness (QED) is 0.742. The average molecular weight is 240 g/mol. The highest BCUT2D eigenvalue weighted by atomic mass is 19.1. The van der Waals surface area contributed by atoms with Crippen molar-refractivity contribution in [2.24, 2.45) is 0 Å². The summed E-state index contributed by atoms with van der Waals surface area (Å²) in [6.07, 6.45) is 1.08. The van der Waals surface area contributed by atoms with Crippen LogP contribution >= 0.6 is 0 Å². The van der Waals surface area contributed by atoms with Crippen molar-refractivity contribution in [3.8, 4) is 5.75 Å². The molecular weight excluding hydrogens is 223 g/mol. The first kappa shape index (κ1) is 13.5. The monoisotopic (exact) mass is 240 g/mol. The largest absolute Gasteiger partial charge is 0.494 e. The number of carbonyl (C=O) groups is 1. The van der Waals surface area contributed by atoms with E-state index in [1.807, 2.05) is 6.92 Å². The highest BCUT2D eigenvalue weighted by Crippen LogP contribution is 2.28. The molecule has 0 spiro atoms. The summed E-state index contributed by atoms with van der Waals surface area (Å²) in [6.45, 7) is 1.98. The average Bonchev–Trinajstić information content (AvgIpc) is 2.36. The maximum atomic E-state index is 13.2. The summed E-state index contributed by atoms with van der Waals surface area (Å²) in [6, 6.07) is 4.66. The van der Waals surface area contributed by atoms with E-state index in [9.17, 15) is 9.18 Å². The smallest absolute Gasteiger partial charge is 0.306 e. The minimum Gasteiger partial charge on any atom is -0.494 e. The van der Waals surface area contributed by atoms with Gasteiger partial charge in [0.1, 0.15) is 0 Å². The lowest BCUT2D eigenvalue weighted by atomic mass is 9.93. The van der Waals surface area contributed by atoms with E-state index < -0.39 is 5.82 Å². The molecule has 94 valence electrons. The van der Waals surface area contributed by atoms with Crippen molar-refractivity contribution in [3.05, 3.63) is 29.6 Å². The maximum Gasteiger partial charge on any atom is 0.306 e. The zero-order valence-electron chi connectivity index (χ0n) is 10.3. The molecule has 0 saturated carbocycles. The number of hydrogen-bond donors (Lipinski definition) is 0. The van der Waals surface area contributed by atoms with Gasteiger partial charge in [0.25, 0.3) is 0 Å². The molecule has 0 saturated heterocycles. The second-order valence-electron chi connectivity index (χ2n) is 3.78. The standard InChI is InChI=1S/C13H17FO3/c1-4-9(8-13(15)17-3)10-5-6-11(14)12(7-10)16-2/h5-7,9H,4,8H2,1-3H3/t9-/m0/s1. The second kappa shape index (κ2) is 6.23. The normalized spacial score (nSPS) is 12.0. The molecule has 0 bridgehead atoms. The van der Waals surface area contributed by atoms with Gasteiger partial charge in [-0.1, -0.05) is 13.0 Å². The molecule has 0 N–H and O–H groups in total. The molecular formula is C13H17FO3. The Hall–Kier alpha value is -1.58. The van der Waals surface area contributed by atoms with E-state index >= 15 is 0 Å². The van der Waals surface area contributed by atoms with Crippen molar-refractivity contribution in [2.75, 3.05) is 14.2 Å². The van der Waals surface area contributed by atoms with Crippen LogP contribution in [0.3, 0.4) is 0 Å². The van der Waals surface area contributed by atoms with Gasteiger partial charge in [-0.3, -0.25) is 4.79 Å². The molecule has 0 fully saturated rings. The lowest BCUT2D eigenvalue weighted by Gasteiger charge is -2.15. The van der Waals surface area contributed by atoms with Crippen molar-refractivity contribution in [1.82, 2.24) is 0 Å². The van der Waals surface area contributed by atoms with Gasteiger partial charge in [0, 0.05) is 0 Å². The third-order valence-corrected chi connectivity index (χ3v) is 2.78. The minimum atomic E-state index is -0.399. The Morgan fingerprint density at radius 2 is 2.12 bits per heavy atom. The van der Waals surface area contributed by atoms with Crippen LogP contribution in [0.5, 0.6) is 5.75 Å². The minimum absolute atomic E-state index is 0.0250. The summed E-state index contributed by atoms with van der Waals surface area (Å²) < 4.78 is 22.8. The van der Waals surface area contributed by atoms with E-state index in [0.29, 0.717) is 6.42 Å². The fourth-order valence-electron chi connectivity index (χ4n) is 1.71. The van der Waals surface area contributed by atoms with Crippen molar-refractivity contribution in [2.45, 2.75) is 25.7 Å². The molecule has 17 heavy (non-hydrogen) atoms. The number of esters is 1. The molecule has 0 heterocycles. The predicted molar refractivity (Wildman–Crippen MR) is 62.6 cm³/mol. The van der Waals surface area contributed by atoms with Gasteiger partial charge in [0.2, 0.25) is 0 Å². The maximum absolute atomic E-state index is 13.2. The first-order chi connectivity index (χ1) is 8.12. The fraction of sp³-hybridized carbons (Fsp3) is 0.462. The highest BCUT2D eigenvalue weighted by Gasteiger charge is 2.16. The van der Waals surface area contributed by atoms with Crippen molar-refractivity contribution in [1.29, 1.82) is 0 Å². The molecule has 1 rings (SSSR count). The molecule has 0 aliphatic rings. The first-order valence-corrected chi connectivity index (χ1v) is 5.52. The summed E-state index contributed by atoms with van der Waals surface area (Å²) in [5.74, 6) is -0.438. The lowest BCUT2D eigenvalue weighted by Crippen LogP contribution is -2.08. The Morgan fingerprint density at radius 3 is 2.65 bits per heavy atom. The number of halogens is 1. The Labute approximate surface area is 101 Å². The van der Waals surface area contributed by atoms with E-state index in [1.165, 1.54) is 20.3 Å². The van der Waals surface area contributed by atoms with Crippen LogP contribution in [0.15, 0.2) is 18.2 Å². The molecule has 0 aromatic heterocycles. The molecule has 0 aliphatic carbocycles. The molecule has 0 radical (unpaired) electrons. The molecule has 3 nitrogen and oxygen atoms in total. The third kappa shape index (κ3) is 3.44. The molecule has 1 atom stereocenters. The van der Waals surface area contributed by atoms with Gasteiger partial charge in [-0.05, 0) is 30.0 Å². The molecule has 0 amide bonds. The van der Waals surface area contributed by atoms with E-state index in [2.05, 4.69) is 4.74 Å². The zero-order chi connectivity index (χ0) is 12.8. The van der Waals surface area contributed by atoms with E-state index in [-0.39, 0.29) is 17.6 Å². The van der Waals surface area contributed by atoms with E-state index in [0.717, 1.165) is 12.0 Å². The Kier molecular flexibility index (Phi) is 4.94. The number of hydrogen-bond acceptors (Lipinski definition) is 3. The number of methoxy groups -OCH3 is 2. The van der Waals surface area contributed by atoms with Gasteiger partial charge >= 0.3 is 5.97 Å². The number of carbonyl (C=O) groups excluding carboxylic acids is 1. The summed E-state index contributed by atoms with van der Waals surface area (Å²) in [7, 11) is 2.78. The Bertz CT molecular complexity index is 390. The van der Waals surface area contributed by atoms with Crippen LogP contribution in [0.2, 0.25) is 0 Å². The Morgan fingerprint density at radius 1 is 1.41 bits per heavy atom. The van der Waals surface area contributed by atoms with Crippen molar-refractivity contribution >= 4 is 5.97 Å². The molecule has 1 aromatic rings. The molecule has 1 aromatic carbocycles. The number of ether oxygens (including phenoxy) is 2. The van der Waals surface area contributed by atoms with Gasteiger partial charge in [0.05, 0.1) is 20.6 Å². The van der Waals surface area contributed by atoms with Crippen LogP contribution in [0.1, 0.15) is 31.2 Å². The van der Waals surface area contributed by atoms with Crippen molar-refractivity contribution < 1.29 is 18.7 Å². The Balaban J connectivity index is 2.91. The summed E-state index contributed by atoms with van der Waals surface area (Å²) in [4.78, 5) is 11.2. The van der Waals surface area contributed by atoms with Gasteiger partial charge < -0.3 is 9.47 Å². The van der Waals surface area contributed by atoms with Crippen LogP contribution in [0.4, 0.5) is 4.39 Å². The van der Waals surface area contributed by atoms with Gasteiger partial charge in [0.15, 0.2) is 11.6 Å². The number of rotatable bonds is 5. The molecule has 4 heteroatoms. The summed E-state index contributed by atoms with van der Waals surface area (Å²) in [5.41, 5.74) is 0.885. The van der Waals surface area contributed by atoms with Crippen LogP contribution in [0, 0.1) is 5.82 Å². The SMILES string of the molecule is CC[C@@H](CC(=O)OC)c1ccc(F)c(OC)c1. The van der Waals surface area contributed by atoms with E-state index in [4.69, 9.17) is 4.74 Å². The van der Waals surface area contributed by atoms with Gasteiger partial charge in [-0.2, -0.15) is 0 Å². The van der Waals surface area contributed by atoms with Gasteiger partial charge in [-0.15, -0.1) is 0 Å². The first-order valence-electron chi connectivity index (χ1n) is 5.52. The second-order valence-corrected chi connectivity index (χ2v) is 3.78. The molecule has 0 aliphatic heterocycles. The number of benzene rings is 1. The molecule has 0 unspecified atom stereocenters. The zero-order valence-corrected chi connectivity index (χ0v) is 10.3. The lowest BCUT2D eigenvalue weighted by molar-refractivity contribution is -0.141. The van der Waals surface area contributed by atoms with Gasteiger partial charge in [-0.25, -0.2) is 4.39 Å². The summed E-state index contributed by atoms with van der Waals surface area (Å²) >= 11 is 0. The third-order valence-electron chi connectivity index (χ3n) is 2.78. The van der Waals surface area contributed by atoms with Crippen LogP contribution in [-0.2, 0) is 9.53 Å². The van der Waals surface area contributed by atoms with Crippen LogP contribution in [0.25, 0.3) is 0 Å².